The second-order valence-electron chi connectivity index (χ2n) is 4.58. The summed E-state index contributed by atoms with van der Waals surface area (Å²) in [4.78, 5) is 17.1. The zero-order valence-electron chi connectivity index (χ0n) is 12.6. The number of carbonyl (C=O) groups excluding carboxylic acids is 1. The molecular weight excluding hydrogens is 270 g/mol. The maximum Gasteiger partial charge on any atom is 0.195 e. The SMILES string of the molecule is CN=C/C(=C(/OC(C)C)C(C)=O)c1ccc(SC)cc1. The lowest BCUT2D eigenvalue weighted by molar-refractivity contribution is -0.117. The van der Waals surface area contributed by atoms with E-state index in [4.69, 9.17) is 4.74 Å². The van der Waals surface area contributed by atoms with Gasteiger partial charge in [-0.3, -0.25) is 9.79 Å². The number of ether oxygens (including phenoxy) is 1. The molecule has 0 spiro atoms. The summed E-state index contributed by atoms with van der Waals surface area (Å²) in [7, 11) is 1.68. The Kier molecular flexibility index (Phi) is 6.52. The highest BCUT2D eigenvalue weighted by molar-refractivity contribution is 7.98. The van der Waals surface area contributed by atoms with E-state index in [1.54, 1.807) is 25.0 Å². The van der Waals surface area contributed by atoms with Gasteiger partial charge in [0.2, 0.25) is 0 Å². The number of benzene rings is 1. The molecule has 0 aromatic heterocycles. The molecule has 0 aliphatic heterocycles. The van der Waals surface area contributed by atoms with E-state index in [9.17, 15) is 4.79 Å². The lowest BCUT2D eigenvalue weighted by atomic mass is 10.0. The minimum Gasteiger partial charge on any atom is -0.487 e. The molecule has 0 N–H and O–H groups in total. The molecule has 1 aromatic rings. The molecule has 0 atom stereocenters. The van der Waals surface area contributed by atoms with E-state index in [0.29, 0.717) is 5.76 Å². The number of nitrogens with zero attached hydrogens (tertiary/aromatic N) is 1. The van der Waals surface area contributed by atoms with Crippen LogP contribution in [0.3, 0.4) is 0 Å². The monoisotopic (exact) mass is 291 g/mol. The van der Waals surface area contributed by atoms with Crippen molar-refractivity contribution in [2.75, 3.05) is 13.3 Å². The number of allylic oxidation sites excluding steroid dienone is 2. The normalized spacial score (nSPS) is 12.7. The molecule has 0 aliphatic rings. The van der Waals surface area contributed by atoms with Gasteiger partial charge in [-0.2, -0.15) is 0 Å². The Morgan fingerprint density at radius 2 is 1.90 bits per heavy atom. The minimum atomic E-state index is -0.0949. The highest BCUT2D eigenvalue weighted by Gasteiger charge is 2.15. The average molecular weight is 291 g/mol. The first-order chi connectivity index (χ1) is 9.49. The van der Waals surface area contributed by atoms with Gasteiger partial charge in [-0.05, 0) is 37.8 Å². The molecule has 3 nitrogen and oxygen atoms in total. The number of hydrogen-bond acceptors (Lipinski definition) is 4. The van der Waals surface area contributed by atoms with E-state index in [2.05, 4.69) is 4.99 Å². The molecule has 0 unspecified atom stereocenters. The number of thioether (sulfide) groups is 1. The first kappa shape index (κ1) is 16.5. The van der Waals surface area contributed by atoms with Gasteiger partial charge < -0.3 is 4.74 Å². The fourth-order valence-electron chi connectivity index (χ4n) is 1.74. The minimum absolute atomic E-state index is 0.0559. The van der Waals surface area contributed by atoms with E-state index in [0.717, 1.165) is 11.1 Å². The van der Waals surface area contributed by atoms with Crippen LogP contribution in [0.15, 0.2) is 39.9 Å². The third-order valence-electron chi connectivity index (χ3n) is 2.58. The summed E-state index contributed by atoms with van der Waals surface area (Å²) in [5, 5.41) is 0. The van der Waals surface area contributed by atoms with Crippen LogP contribution in [0.2, 0.25) is 0 Å². The molecule has 1 rings (SSSR count). The Bertz CT molecular complexity index is 516. The number of carbonyl (C=O) groups is 1. The lowest BCUT2D eigenvalue weighted by Gasteiger charge is -2.15. The molecule has 0 heterocycles. The molecule has 0 saturated carbocycles. The van der Waals surface area contributed by atoms with Crippen molar-refractivity contribution in [3.05, 3.63) is 35.6 Å². The number of aliphatic imine (C=N–C) groups is 1. The topological polar surface area (TPSA) is 38.7 Å². The average Bonchev–Trinajstić information content (AvgIpc) is 2.42. The highest BCUT2D eigenvalue weighted by atomic mass is 32.2. The summed E-state index contributed by atoms with van der Waals surface area (Å²) in [5.74, 6) is 0.269. The second kappa shape index (κ2) is 7.90. The Morgan fingerprint density at radius 1 is 1.30 bits per heavy atom. The third-order valence-corrected chi connectivity index (χ3v) is 3.32. The molecule has 0 bridgehead atoms. The predicted octanol–water partition coefficient (Wildman–Crippen LogP) is 3.83. The van der Waals surface area contributed by atoms with Gasteiger partial charge >= 0.3 is 0 Å². The van der Waals surface area contributed by atoms with Crippen molar-refractivity contribution in [2.24, 2.45) is 4.99 Å². The summed E-state index contributed by atoms with van der Waals surface area (Å²) >= 11 is 1.68. The number of Topliss-reactive ketones (excluding diaryl/α,β-unsaturated/α-hetero) is 1. The van der Waals surface area contributed by atoms with E-state index in [-0.39, 0.29) is 11.9 Å². The Labute approximate surface area is 125 Å². The zero-order valence-corrected chi connectivity index (χ0v) is 13.5. The van der Waals surface area contributed by atoms with Crippen LogP contribution < -0.4 is 0 Å². The van der Waals surface area contributed by atoms with Crippen molar-refractivity contribution < 1.29 is 9.53 Å². The maximum atomic E-state index is 11.8. The molecule has 20 heavy (non-hydrogen) atoms. The molecule has 0 amide bonds. The Balaban J connectivity index is 3.34. The van der Waals surface area contributed by atoms with Gasteiger partial charge in [0.1, 0.15) is 0 Å². The molecular formula is C16H21NO2S. The lowest BCUT2D eigenvalue weighted by Crippen LogP contribution is -2.11. The quantitative estimate of drug-likeness (QED) is 0.346. The van der Waals surface area contributed by atoms with Gasteiger partial charge in [0, 0.05) is 30.7 Å². The van der Waals surface area contributed by atoms with E-state index in [1.807, 2.05) is 44.4 Å². The van der Waals surface area contributed by atoms with Gasteiger partial charge in [0.05, 0.1) is 6.10 Å². The van der Waals surface area contributed by atoms with Gasteiger partial charge in [0.15, 0.2) is 11.5 Å². The molecule has 0 saturated heterocycles. The molecule has 0 fully saturated rings. The smallest absolute Gasteiger partial charge is 0.195 e. The first-order valence-corrected chi connectivity index (χ1v) is 7.70. The Hall–Kier alpha value is -1.55. The number of hydrogen-bond donors (Lipinski definition) is 0. The van der Waals surface area contributed by atoms with Crippen LogP contribution in [-0.2, 0) is 9.53 Å². The van der Waals surface area contributed by atoms with E-state index in [1.165, 1.54) is 11.8 Å². The summed E-state index contributed by atoms with van der Waals surface area (Å²) < 4.78 is 5.67. The summed E-state index contributed by atoms with van der Waals surface area (Å²) in [5.41, 5.74) is 1.65. The fraction of sp³-hybridized carbons (Fsp3) is 0.375. The molecule has 108 valence electrons. The van der Waals surface area contributed by atoms with Gasteiger partial charge in [-0.1, -0.05) is 12.1 Å². The van der Waals surface area contributed by atoms with Crippen molar-refractivity contribution in [1.82, 2.24) is 0 Å². The Morgan fingerprint density at radius 3 is 2.30 bits per heavy atom. The van der Waals surface area contributed by atoms with Crippen LogP contribution in [0.5, 0.6) is 0 Å². The fourth-order valence-corrected chi connectivity index (χ4v) is 2.14. The molecule has 4 heteroatoms. The van der Waals surface area contributed by atoms with Gasteiger partial charge in [-0.25, -0.2) is 0 Å². The van der Waals surface area contributed by atoms with Crippen molar-refractivity contribution >= 4 is 29.3 Å². The maximum absolute atomic E-state index is 11.8. The van der Waals surface area contributed by atoms with Crippen LogP contribution in [0.1, 0.15) is 26.3 Å². The van der Waals surface area contributed by atoms with E-state index >= 15 is 0 Å². The van der Waals surface area contributed by atoms with Gasteiger partial charge in [0.25, 0.3) is 0 Å². The summed E-state index contributed by atoms with van der Waals surface area (Å²) in [6, 6.07) is 8.01. The number of rotatable bonds is 6. The van der Waals surface area contributed by atoms with Crippen molar-refractivity contribution in [2.45, 2.75) is 31.8 Å². The predicted molar refractivity (Wildman–Crippen MR) is 86.5 cm³/mol. The van der Waals surface area contributed by atoms with Crippen molar-refractivity contribution in [3.8, 4) is 0 Å². The first-order valence-electron chi connectivity index (χ1n) is 6.48. The third kappa shape index (κ3) is 4.53. The second-order valence-corrected chi connectivity index (χ2v) is 5.46. The van der Waals surface area contributed by atoms with Crippen LogP contribution in [0.4, 0.5) is 0 Å². The van der Waals surface area contributed by atoms with Crippen LogP contribution in [0.25, 0.3) is 5.57 Å². The van der Waals surface area contributed by atoms with E-state index < -0.39 is 0 Å². The van der Waals surface area contributed by atoms with Crippen molar-refractivity contribution in [1.29, 1.82) is 0 Å². The summed E-state index contributed by atoms with van der Waals surface area (Å²) in [6.07, 6.45) is 3.65. The number of ketones is 1. The molecule has 1 aromatic carbocycles. The standard InChI is InChI=1S/C16H21NO2S/c1-11(2)19-16(12(3)18)15(10-17-4)13-6-8-14(20-5)9-7-13/h6-11H,1-5H3/b16-15-,17-10?. The molecule has 0 aliphatic carbocycles. The zero-order chi connectivity index (χ0) is 15.1. The largest absolute Gasteiger partial charge is 0.487 e. The van der Waals surface area contributed by atoms with Crippen LogP contribution in [0, 0.1) is 0 Å². The summed E-state index contributed by atoms with van der Waals surface area (Å²) in [6.45, 7) is 5.32. The highest BCUT2D eigenvalue weighted by Crippen LogP contribution is 2.23. The van der Waals surface area contributed by atoms with Crippen LogP contribution in [-0.4, -0.2) is 31.4 Å². The molecule has 0 radical (unpaired) electrons. The van der Waals surface area contributed by atoms with Gasteiger partial charge in [-0.15, -0.1) is 11.8 Å². The van der Waals surface area contributed by atoms with Crippen molar-refractivity contribution in [3.63, 3.8) is 0 Å². The van der Waals surface area contributed by atoms with Crippen LogP contribution >= 0.6 is 11.8 Å².